The van der Waals surface area contributed by atoms with Gasteiger partial charge >= 0.3 is 0 Å². The average Bonchev–Trinajstić information content (AvgIpc) is 3.12. The fourth-order valence-electron chi connectivity index (χ4n) is 4.01. The fraction of sp³-hybridized carbons (Fsp3) is 0.167. The van der Waals surface area contributed by atoms with E-state index in [9.17, 15) is 0 Å². The second kappa shape index (κ2) is 6.48. The van der Waals surface area contributed by atoms with Crippen LogP contribution in [0.4, 0.5) is 0 Å². The zero-order valence-corrected chi connectivity index (χ0v) is 15.9. The number of pyridine rings is 1. The summed E-state index contributed by atoms with van der Waals surface area (Å²) in [4.78, 5) is 13.7. The molecular weight excluding hydrogens is 358 g/mol. The summed E-state index contributed by atoms with van der Waals surface area (Å²) in [6, 6.07) is 21.3. The van der Waals surface area contributed by atoms with Gasteiger partial charge in [-0.15, -0.1) is 0 Å². The number of benzene rings is 2. The second-order valence-electron chi connectivity index (χ2n) is 7.61. The molecule has 29 heavy (non-hydrogen) atoms. The first-order chi connectivity index (χ1) is 14.4. The van der Waals surface area contributed by atoms with Crippen molar-refractivity contribution in [3.63, 3.8) is 0 Å². The van der Waals surface area contributed by atoms with Gasteiger partial charge in [-0.1, -0.05) is 48.5 Å². The fourth-order valence-corrected chi connectivity index (χ4v) is 4.01. The van der Waals surface area contributed by atoms with E-state index >= 15 is 0 Å². The second-order valence-corrected chi connectivity index (χ2v) is 7.61. The Bertz CT molecular complexity index is 1340. The summed E-state index contributed by atoms with van der Waals surface area (Å²) in [5.41, 5.74) is 5.96. The number of aromatic nitrogens is 5. The van der Waals surface area contributed by atoms with E-state index in [4.69, 9.17) is 10.1 Å². The summed E-state index contributed by atoms with van der Waals surface area (Å²) >= 11 is 0. The minimum absolute atomic E-state index is 0.449. The van der Waals surface area contributed by atoms with Crippen molar-refractivity contribution in [3.05, 3.63) is 73.2 Å². The lowest BCUT2D eigenvalue weighted by molar-refractivity contribution is 0.296. The van der Waals surface area contributed by atoms with Crippen molar-refractivity contribution >= 4 is 21.9 Å². The molecule has 2 aromatic carbocycles. The topological polar surface area (TPSA) is 56.5 Å². The quantitative estimate of drug-likeness (QED) is 0.420. The van der Waals surface area contributed by atoms with E-state index in [1.165, 1.54) is 19.3 Å². The largest absolute Gasteiger partial charge is 0.248 e. The monoisotopic (exact) mass is 377 g/mol. The third kappa shape index (κ3) is 2.70. The zero-order valence-electron chi connectivity index (χ0n) is 15.9. The minimum atomic E-state index is 0.449. The van der Waals surface area contributed by atoms with Crippen molar-refractivity contribution in [2.45, 2.75) is 25.3 Å². The van der Waals surface area contributed by atoms with Crippen LogP contribution in [0.1, 0.15) is 25.3 Å². The number of hydrogen-bond donors (Lipinski definition) is 0. The predicted octanol–water partition coefficient (Wildman–Crippen LogP) is 5.43. The van der Waals surface area contributed by atoms with Gasteiger partial charge in [0, 0.05) is 22.7 Å². The van der Waals surface area contributed by atoms with Gasteiger partial charge in [0.1, 0.15) is 12.0 Å². The SMILES string of the molecule is c1ccc(-c2ccc3ccc(-c4nn(C5CCC5)c5ncncc45)cc3n2)cc1. The Balaban J connectivity index is 1.51. The van der Waals surface area contributed by atoms with E-state index in [0.717, 1.165) is 44.5 Å². The molecule has 0 unspecified atom stereocenters. The highest BCUT2D eigenvalue weighted by Crippen LogP contribution is 2.36. The van der Waals surface area contributed by atoms with Crippen LogP contribution in [-0.2, 0) is 0 Å². The van der Waals surface area contributed by atoms with Crippen LogP contribution in [0.3, 0.4) is 0 Å². The first-order valence-corrected chi connectivity index (χ1v) is 10.0. The average molecular weight is 377 g/mol. The standard InChI is InChI=1S/C24H19N5/c1-2-5-16(6-3-1)21-12-11-17-9-10-18(13-22(17)27-21)23-20-14-25-15-26-24(20)29(28-23)19-7-4-8-19/h1-3,5-6,9-15,19H,4,7-8H2. The van der Waals surface area contributed by atoms with Gasteiger partial charge < -0.3 is 0 Å². The number of hydrogen-bond acceptors (Lipinski definition) is 4. The highest BCUT2D eigenvalue weighted by molar-refractivity contribution is 5.94. The maximum Gasteiger partial charge on any atom is 0.162 e. The molecule has 0 radical (unpaired) electrons. The predicted molar refractivity (Wildman–Crippen MR) is 114 cm³/mol. The molecule has 0 amide bonds. The highest BCUT2D eigenvalue weighted by atomic mass is 15.3. The summed E-state index contributed by atoms with van der Waals surface area (Å²) < 4.78 is 2.09. The summed E-state index contributed by atoms with van der Waals surface area (Å²) in [5, 5.41) is 7.07. The Morgan fingerprint density at radius 2 is 1.76 bits per heavy atom. The molecule has 1 aliphatic rings. The van der Waals surface area contributed by atoms with Crippen LogP contribution in [0.25, 0.3) is 44.5 Å². The van der Waals surface area contributed by atoms with Gasteiger partial charge in [-0.05, 0) is 31.4 Å². The first-order valence-electron chi connectivity index (χ1n) is 10.0. The van der Waals surface area contributed by atoms with Crippen molar-refractivity contribution < 1.29 is 0 Å². The summed E-state index contributed by atoms with van der Waals surface area (Å²) in [5.74, 6) is 0. The third-order valence-electron chi connectivity index (χ3n) is 5.83. The molecule has 1 aliphatic carbocycles. The van der Waals surface area contributed by atoms with E-state index in [-0.39, 0.29) is 0 Å². The summed E-state index contributed by atoms with van der Waals surface area (Å²) in [6.45, 7) is 0. The van der Waals surface area contributed by atoms with Gasteiger partial charge in [0.15, 0.2) is 5.65 Å². The molecule has 0 saturated heterocycles. The van der Waals surface area contributed by atoms with Gasteiger partial charge in [0.05, 0.1) is 22.6 Å². The maximum absolute atomic E-state index is 4.96. The number of fused-ring (bicyclic) bond motifs is 2. The zero-order chi connectivity index (χ0) is 19.2. The lowest BCUT2D eigenvalue weighted by atomic mass is 9.93. The molecule has 140 valence electrons. The Morgan fingerprint density at radius 1 is 0.897 bits per heavy atom. The number of nitrogens with zero attached hydrogens (tertiary/aromatic N) is 5. The van der Waals surface area contributed by atoms with Gasteiger partial charge in [-0.3, -0.25) is 0 Å². The lowest BCUT2D eigenvalue weighted by Gasteiger charge is -2.25. The van der Waals surface area contributed by atoms with Crippen LogP contribution < -0.4 is 0 Å². The number of rotatable bonds is 3. The van der Waals surface area contributed by atoms with Crippen LogP contribution >= 0.6 is 0 Å². The van der Waals surface area contributed by atoms with Crippen LogP contribution in [-0.4, -0.2) is 24.7 Å². The molecule has 5 heteroatoms. The molecule has 5 nitrogen and oxygen atoms in total. The van der Waals surface area contributed by atoms with Gasteiger partial charge in [0.25, 0.3) is 0 Å². The van der Waals surface area contributed by atoms with Crippen molar-refractivity contribution in [2.75, 3.05) is 0 Å². The minimum Gasteiger partial charge on any atom is -0.248 e. The Kier molecular flexibility index (Phi) is 3.66. The van der Waals surface area contributed by atoms with Crippen LogP contribution in [0, 0.1) is 0 Å². The van der Waals surface area contributed by atoms with Gasteiger partial charge in [-0.2, -0.15) is 5.10 Å². The van der Waals surface area contributed by atoms with Crippen LogP contribution in [0.5, 0.6) is 0 Å². The van der Waals surface area contributed by atoms with Crippen LogP contribution in [0.15, 0.2) is 73.2 Å². The Hall–Kier alpha value is -3.60. The van der Waals surface area contributed by atoms with E-state index in [1.54, 1.807) is 6.33 Å². The maximum atomic E-state index is 4.96. The molecule has 5 aromatic rings. The van der Waals surface area contributed by atoms with Crippen LogP contribution in [0.2, 0.25) is 0 Å². The lowest BCUT2D eigenvalue weighted by Crippen LogP contribution is -2.18. The third-order valence-corrected chi connectivity index (χ3v) is 5.83. The first kappa shape index (κ1) is 16.4. The molecule has 1 saturated carbocycles. The summed E-state index contributed by atoms with van der Waals surface area (Å²) in [7, 11) is 0. The van der Waals surface area contributed by atoms with Gasteiger partial charge in [-0.25, -0.2) is 19.6 Å². The molecule has 6 rings (SSSR count). The molecule has 0 aliphatic heterocycles. The molecular formula is C24H19N5. The molecule has 1 fully saturated rings. The smallest absolute Gasteiger partial charge is 0.162 e. The van der Waals surface area contributed by atoms with Gasteiger partial charge in [0.2, 0.25) is 0 Å². The normalized spacial score (nSPS) is 14.3. The van der Waals surface area contributed by atoms with E-state index in [2.05, 4.69) is 57.1 Å². The Morgan fingerprint density at radius 3 is 2.59 bits per heavy atom. The molecule has 3 heterocycles. The molecule has 0 bridgehead atoms. The van der Waals surface area contributed by atoms with E-state index in [1.807, 2.05) is 24.4 Å². The van der Waals surface area contributed by atoms with E-state index in [0.29, 0.717) is 6.04 Å². The van der Waals surface area contributed by atoms with Crippen molar-refractivity contribution in [1.29, 1.82) is 0 Å². The van der Waals surface area contributed by atoms with Crippen molar-refractivity contribution in [3.8, 4) is 22.5 Å². The molecule has 0 atom stereocenters. The van der Waals surface area contributed by atoms with Crippen molar-refractivity contribution in [1.82, 2.24) is 24.7 Å². The molecule has 0 spiro atoms. The Labute approximate surface area is 168 Å². The van der Waals surface area contributed by atoms with E-state index < -0.39 is 0 Å². The highest BCUT2D eigenvalue weighted by Gasteiger charge is 2.25. The van der Waals surface area contributed by atoms with Crippen molar-refractivity contribution in [2.24, 2.45) is 0 Å². The summed E-state index contributed by atoms with van der Waals surface area (Å²) in [6.07, 6.45) is 7.07. The molecule has 3 aromatic heterocycles. The molecule has 0 N–H and O–H groups in total.